The zero-order valence-corrected chi connectivity index (χ0v) is 11.3. The van der Waals surface area contributed by atoms with Gasteiger partial charge in [-0.1, -0.05) is 6.26 Å². The summed E-state index contributed by atoms with van der Waals surface area (Å²) in [6.45, 7) is 0. The molecular formula is C6H12Cl3OZr. The van der Waals surface area contributed by atoms with Crippen molar-refractivity contribution in [2.45, 2.75) is 0 Å². The molecule has 0 aliphatic rings. The molecule has 1 aromatic rings. The van der Waals surface area contributed by atoms with Crippen LogP contribution in [0, 0.1) is 21.1 Å². The van der Waals surface area contributed by atoms with Crippen LogP contribution in [0.4, 0.5) is 0 Å². The van der Waals surface area contributed by atoms with E-state index in [1.807, 2.05) is 0 Å². The first-order chi connectivity index (χ1) is 2.50. The van der Waals surface area contributed by atoms with Crippen LogP contribution in [0.2, 0.25) is 0 Å². The van der Waals surface area contributed by atoms with Crippen LogP contribution in [0.5, 0.6) is 0 Å². The van der Waals surface area contributed by atoms with E-state index in [1.54, 1.807) is 18.4 Å². The Bertz CT molecular complexity index is 74.3. The Balaban J connectivity index is -0.0000000104. The Labute approximate surface area is 107 Å². The second-order valence-corrected chi connectivity index (χ2v) is 0.731. The van der Waals surface area contributed by atoms with Gasteiger partial charge in [0.2, 0.25) is 0 Å². The molecule has 67 valence electrons. The average molecular weight is 298 g/mol. The topological polar surface area (TPSA) is 13.1 Å². The van der Waals surface area contributed by atoms with Crippen molar-refractivity contribution in [3.8, 4) is 0 Å². The molecule has 1 radical (unpaired) electrons. The number of rotatable bonds is 0. The first kappa shape index (κ1) is 40.2. The summed E-state index contributed by atoms with van der Waals surface area (Å²) in [5.74, 6) is 0. The van der Waals surface area contributed by atoms with E-state index in [1.165, 1.54) is 0 Å². The van der Waals surface area contributed by atoms with Crippen LogP contribution in [-0.2, 0) is 26.2 Å². The van der Waals surface area contributed by atoms with E-state index >= 15 is 0 Å². The summed E-state index contributed by atoms with van der Waals surface area (Å²) in [6.07, 6.45) is 4.06. The van der Waals surface area contributed by atoms with Gasteiger partial charge in [0.25, 0.3) is 0 Å². The first-order valence-corrected chi connectivity index (χ1v) is 1.40. The van der Waals surface area contributed by atoms with Gasteiger partial charge in [-0.05, 0) is 6.26 Å². The first-order valence-electron chi connectivity index (χ1n) is 1.40. The van der Waals surface area contributed by atoms with Crippen LogP contribution in [0.25, 0.3) is 0 Å². The van der Waals surface area contributed by atoms with E-state index in [9.17, 15) is 0 Å². The Morgan fingerprint density at radius 3 is 1.55 bits per heavy atom. The maximum atomic E-state index is 4.46. The predicted octanol–water partition coefficient (Wildman–Crippen LogP) is 3.24. The van der Waals surface area contributed by atoms with Crippen LogP contribution in [0.15, 0.2) is 22.8 Å². The van der Waals surface area contributed by atoms with Gasteiger partial charge in [-0.25, -0.2) is 0 Å². The van der Waals surface area contributed by atoms with Crippen LogP contribution < -0.4 is 0 Å². The molecule has 0 atom stereocenters. The van der Waals surface area contributed by atoms with Crippen molar-refractivity contribution in [3.05, 3.63) is 39.5 Å². The molecule has 11 heavy (non-hydrogen) atoms. The summed E-state index contributed by atoms with van der Waals surface area (Å²) in [5, 5.41) is 0. The molecule has 0 amide bonds. The zero-order chi connectivity index (χ0) is 3.54. The quantitative estimate of drug-likeness (QED) is 0.670. The van der Waals surface area contributed by atoms with E-state index in [2.05, 4.69) is 10.7 Å². The second kappa shape index (κ2) is 30.5. The molecule has 0 bridgehead atoms. The summed E-state index contributed by atoms with van der Waals surface area (Å²) < 4.78 is 4.46. The molecule has 1 nitrogen and oxygen atoms in total. The zero-order valence-electron chi connectivity index (χ0n) is 6.37. The molecule has 1 aromatic heterocycles. The maximum Gasteiger partial charge on any atom is 3.00 e. The van der Waals surface area contributed by atoms with Gasteiger partial charge >= 0.3 is 26.2 Å². The average Bonchev–Trinajstić information content (AvgIpc) is 1.76. The molecular weight excluding hydrogens is 286 g/mol. The SMILES string of the molecule is Cl.Cl.Cl.[CH3-].[CH3-].[Zr+3].[c-]1ccco1. The molecule has 5 heteroatoms. The number of halogens is 3. The fraction of sp³-hybridized carbons (Fsp3) is 0. The third kappa shape index (κ3) is 24.7. The molecule has 0 aromatic carbocycles. The largest absolute Gasteiger partial charge is 3.00 e. The summed E-state index contributed by atoms with van der Waals surface area (Å²) >= 11 is 0. The van der Waals surface area contributed by atoms with Crippen molar-refractivity contribution < 1.29 is 30.6 Å². The minimum Gasteiger partial charge on any atom is -0.599 e. The van der Waals surface area contributed by atoms with Crippen molar-refractivity contribution >= 4 is 37.2 Å². The monoisotopic (exact) mass is 295 g/mol. The van der Waals surface area contributed by atoms with E-state index in [0.717, 1.165) is 0 Å². The number of hydrogen-bond acceptors (Lipinski definition) is 1. The number of furan rings is 1. The van der Waals surface area contributed by atoms with Crippen molar-refractivity contribution in [1.29, 1.82) is 0 Å². The maximum absolute atomic E-state index is 4.46. The fourth-order valence-corrected chi connectivity index (χ4v) is 0.196. The molecule has 0 aliphatic carbocycles. The Morgan fingerprint density at radius 1 is 1.00 bits per heavy atom. The molecule has 1 heterocycles. The van der Waals surface area contributed by atoms with Crippen molar-refractivity contribution in [1.82, 2.24) is 0 Å². The molecule has 0 N–H and O–H groups in total. The smallest absolute Gasteiger partial charge is 0.599 e. The Kier molecular flexibility index (Phi) is 112. The third-order valence-electron chi connectivity index (χ3n) is 0.379. The number of hydrogen-bond donors (Lipinski definition) is 0. The molecule has 1 rings (SSSR count). The molecule has 0 unspecified atom stereocenters. The van der Waals surface area contributed by atoms with Crippen molar-refractivity contribution in [2.75, 3.05) is 0 Å². The van der Waals surface area contributed by atoms with E-state index in [4.69, 9.17) is 0 Å². The van der Waals surface area contributed by atoms with Gasteiger partial charge in [0.05, 0.1) is 0 Å². The standard InChI is InChI=1S/C4H3O.2CH3.3ClH.Zr/c1-2-4-5-3-1;;;;;;/h1-3H;2*1H3;3*1H;/q3*-1;;;;+3. The molecule has 0 aliphatic heterocycles. The van der Waals surface area contributed by atoms with E-state index in [0.29, 0.717) is 0 Å². The van der Waals surface area contributed by atoms with Gasteiger partial charge < -0.3 is 19.3 Å². The summed E-state index contributed by atoms with van der Waals surface area (Å²) in [4.78, 5) is 0. The van der Waals surface area contributed by atoms with Crippen LogP contribution in [0.1, 0.15) is 0 Å². The van der Waals surface area contributed by atoms with Gasteiger partial charge in [0.15, 0.2) is 0 Å². The van der Waals surface area contributed by atoms with Crippen LogP contribution in [-0.4, -0.2) is 0 Å². The van der Waals surface area contributed by atoms with Gasteiger partial charge in [0, 0.05) is 0 Å². The van der Waals surface area contributed by atoms with Crippen LogP contribution >= 0.6 is 37.2 Å². The summed E-state index contributed by atoms with van der Waals surface area (Å²) in [7, 11) is 0. The Morgan fingerprint density at radius 2 is 1.45 bits per heavy atom. The third-order valence-corrected chi connectivity index (χ3v) is 0.379. The van der Waals surface area contributed by atoms with E-state index in [-0.39, 0.29) is 78.3 Å². The van der Waals surface area contributed by atoms with Gasteiger partial charge in [-0.3, -0.25) is 0 Å². The molecule has 0 saturated carbocycles. The normalized spacial score (nSPS) is 3.64. The van der Waals surface area contributed by atoms with Gasteiger partial charge in [-0.15, -0.1) is 43.3 Å². The molecule has 0 saturated heterocycles. The predicted molar refractivity (Wildman–Crippen MR) is 52.1 cm³/mol. The second-order valence-electron chi connectivity index (χ2n) is 0.731. The van der Waals surface area contributed by atoms with Gasteiger partial charge in [0.1, 0.15) is 0 Å². The Hall–Kier alpha value is 1.03. The van der Waals surface area contributed by atoms with E-state index < -0.39 is 0 Å². The van der Waals surface area contributed by atoms with Gasteiger partial charge in [-0.2, -0.15) is 6.07 Å². The van der Waals surface area contributed by atoms with Crippen molar-refractivity contribution in [2.24, 2.45) is 0 Å². The fourth-order valence-electron chi connectivity index (χ4n) is 0.196. The minimum absolute atomic E-state index is 0. The van der Waals surface area contributed by atoms with Crippen LogP contribution in [0.3, 0.4) is 0 Å². The summed E-state index contributed by atoms with van der Waals surface area (Å²) in [6, 6.07) is 3.49. The van der Waals surface area contributed by atoms with Crippen molar-refractivity contribution in [3.63, 3.8) is 0 Å². The molecule has 0 spiro atoms. The minimum atomic E-state index is 0. The summed E-state index contributed by atoms with van der Waals surface area (Å²) in [5.41, 5.74) is 0. The molecule has 0 fully saturated rings.